The second-order valence-corrected chi connectivity index (χ2v) is 5.38. The van der Waals surface area contributed by atoms with Crippen molar-refractivity contribution in [1.29, 1.82) is 0 Å². The molecule has 0 aliphatic carbocycles. The van der Waals surface area contributed by atoms with E-state index in [4.69, 9.17) is 11.6 Å². The number of hydrogen-bond acceptors (Lipinski definition) is 2. The monoisotopic (exact) mass is 312 g/mol. The van der Waals surface area contributed by atoms with E-state index >= 15 is 0 Å². The van der Waals surface area contributed by atoms with Crippen LogP contribution < -0.4 is 10.5 Å². The molecule has 5 heteroatoms. The molecule has 0 saturated carbocycles. The molecule has 0 fully saturated rings. The quantitative estimate of drug-likeness (QED) is 0.788. The number of carbonyl (C=O) groups excluding carboxylic acids is 1. The molecule has 0 radical (unpaired) electrons. The molecule has 0 bridgehead atoms. The Morgan fingerprint density at radius 2 is 1.77 bits per heavy atom. The number of rotatable bonds is 2. The van der Waals surface area contributed by atoms with Crippen LogP contribution in [0.4, 0.5) is 5.69 Å². The summed E-state index contributed by atoms with van der Waals surface area (Å²) in [5.74, 6) is -0.366. The lowest BCUT2D eigenvalue weighted by Crippen LogP contribution is -2.31. The molecule has 0 spiro atoms. The summed E-state index contributed by atoms with van der Waals surface area (Å²) < 4.78 is 0. The molecule has 2 aromatic carbocycles. The second-order valence-electron chi connectivity index (χ2n) is 4.94. The maximum Gasteiger partial charge on any atom is 0.263 e. The number of nitrogens with zero attached hydrogens (tertiary/aromatic N) is 1. The standard InChI is InChI=1S/C17H13ClN2O2/c1-20(13-8-6-12(18)7-9-13)17(22)14-10-11-4-2-3-5-15(11)19-16(14)21/h2-10H,1H3,(H,19,21). The first-order valence-corrected chi connectivity index (χ1v) is 7.10. The number of H-pyrrole nitrogens is 1. The average molecular weight is 313 g/mol. The summed E-state index contributed by atoms with van der Waals surface area (Å²) in [6.45, 7) is 0. The van der Waals surface area contributed by atoms with E-state index in [1.807, 2.05) is 18.2 Å². The van der Waals surface area contributed by atoms with Crippen LogP contribution in [0.25, 0.3) is 10.9 Å². The van der Waals surface area contributed by atoms with Crippen molar-refractivity contribution >= 4 is 34.1 Å². The Labute approximate surface area is 132 Å². The van der Waals surface area contributed by atoms with Crippen LogP contribution in [0, 0.1) is 0 Å². The molecule has 0 saturated heterocycles. The van der Waals surface area contributed by atoms with Crippen molar-refractivity contribution in [3.63, 3.8) is 0 Å². The van der Waals surface area contributed by atoms with Crippen molar-refractivity contribution in [3.8, 4) is 0 Å². The van der Waals surface area contributed by atoms with Crippen LogP contribution in [0.2, 0.25) is 5.02 Å². The van der Waals surface area contributed by atoms with Crippen molar-refractivity contribution < 1.29 is 4.79 Å². The Morgan fingerprint density at radius 3 is 2.50 bits per heavy atom. The number of aromatic nitrogens is 1. The van der Waals surface area contributed by atoms with Crippen LogP contribution in [0.3, 0.4) is 0 Å². The van der Waals surface area contributed by atoms with Crippen molar-refractivity contribution in [3.05, 3.63) is 75.5 Å². The van der Waals surface area contributed by atoms with E-state index in [1.54, 1.807) is 43.4 Å². The third-order valence-electron chi connectivity index (χ3n) is 3.50. The first-order chi connectivity index (χ1) is 10.6. The number of para-hydroxylation sites is 1. The number of pyridine rings is 1. The summed E-state index contributed by atoms with van der Waals surface area (Å²) in [4.78, 5) is 28.9. The van der Waals surface area contributed by atoms with Crippen LogP contribution in [0.1, 0.15) is 10.4 Å². The summed E-state index contributed by atoms with van der Waals surface area (Å²) in [6, 6.07) is 15.8. The first kappa shape index (κ1) is 14.4. The molecule has 0 unspecified atom stereocenters. The maximum atomic E-state index is 12.6. The highest BCUT2D eigenvalue weighted by molar-refractivity contribution is 6.30. The van der Waals surface area contributed by atoms with E-state index in [0.29, 0.717) is 16.2 Å². The van der Waals surface area contributed by atoms with Gasteiger partial charge in [0.2, 0.25) is 0 Å². The fourth-order valence-corrected chi connectivity index (χ4v) is 2.39. The Balaban J connectivity index is 2.02. The van der Waals surface area contributed by atoms with Crippen molar-refractivity contribution in [1.82, 2.24) is 4.98 Å². The van der Waals surface area contributed by atoms with E-state index in [9.17, 15) is 9.59 Å². The van der Waals surface area contributed by atoms with Crippen LogP contribution in [0.5, 0.6) is 0 Å². The lowest BCUT2D eigenvalue weighted by atomic mass is 10.1. The lowest BCUT2D eigenvalue weighted by Gasteiger charge is -2.17. The van der Waals surface area contributed by atoms with Crippen molar-refractivity contribution in [2.75, 3.05) is 11.9 Å². The number of nitrogens with one attached hydrogen (secondary N) is 1. The summed E-state index contributed by atoms with van der Waals surface area (Å²) in [6.07, 6.45) is 0. The molecule has 1 aromatic heterocycles. The molecule has 1 amide bonds. The summed E-state index contributed by atoms with van der Waals surface area (Å²) >= 11 is 5.85. The molecule has 0 aliphatic rings. The van der Waals surface area contributed by atoms with Gasteiger partial charge in [0.25, 0.3) is 11.5 Å². The van der Waals surface area contributed by atoms with Gasteiger partial charge in [-0.3, -0.25) is 9.59 Å². The molecule has 4 nitrogen and oxygen atoms in total. The third-order valence-corrected chi connectivity index (χ3v) is 3.75. The predicted molar refractivity (Wildman–Crippen MR) is 88.8 cm³/mol. The molecule has 1 heterocycles. The molecular formula is C17H13ClN2O2. The number of fused-ring (bicyclic) bond motifs is 1. The Kier molecular flexibility index (Phi) is 3.69. The van der Waals surface area contributed by atoms with Crippen LogP contribution in [-0.2, 0) is 0 Å². The number of halogens is 1. The fourth-order valence-electron chi connectivity index (χ4n) is 2.27. The minimum atomic E-state index is -0.399. The molecule has 3 rings (SSSR count). The van der Waals surface area contributed by atoms with Gasteiger partial charge in [0, 0.05) is 23.3 Å². The van der Waals surface area contributed by atoms with E-state index < -0.39 is 5.56 Å². The van der Waals surface area contributed by atoms with Gasteiger partial charge < -0.3 is 9.88 Å². The summed E-state index contributed by atoms with van der Waals surface area (Å²) in [5, 5.41) is 1.41. The highest BCUT2D eigenvalue weighted by Crippen LogP contribution is 2.19. The first-order valence-electron chi connectivity index (χ1n) is 6.72. The molecule has 22 heavy (non-hydrogen) atoms. The summed E-state index contributed by atoms with van der Waals surface area (Å²) in [5.41, 5.74) is 1.08. The molecule has 1 N–H and O–H groups in total. The number of benzene rings is 2. The zero-order valence-corrected chi connectivity index (χ0v) is 12.6. The highest BCUT2D eigenvalue weighted by atomic mass is 35.5. The Hall–Kier alpha value is -2.59. The normalized spacial score (nSPS) is 10.6. The molecule has 0 atom stereocenters. The number of anilines is 1. The van der Waals surface area contributed by atoms with Crippen LogP contribution in [0.15, 0.2) is 59.4 Å². The van der Waals surface area contributed by atoms with Gasteiger partial charge in [-0.2, -0.15) is 0 Å². The third kappa shape index (κ3) is 2.61. The lowest BCUT2D eigenvalue weighted by molar-refractivity contribution is 0.0991. The zero-order chi connectivity index (χ0) is 15.7. The van der Waals surface area contributed by atoms with Gasteiger partial charge in [-0.15, -0.1) is 0 Å². The maximum absolute atomic E-state index is 12.6. The van der Waals surface area contributed by atoms with E-state index in [2.05, 4.69) is 4.98 Å². The smallest absolute Gasteiger partial charge is 0.263 e. The number of hydrogen-bond donors (Lipinski definition) is 1. The largest absolute Gasteiger partial charge is 0.321 e. The van der Waals surface area contributed by atoms with Gasteiger partial charge in [-0.05, 0) is 41.8 Å². The van der Waals surface area contributed by atoms with Gasteiger partial charge in [0.1, 0.15) is 5.56 Å². The van der Waals surface area contributed by atoms with Crippen LogP contribution >= 0.6 is 11.6 Å². The van der Waals surface area contributed by atoms with Crippen molar-refractivity contribution in [2.45, 2.75) is 0 Å². The van der Waals surface area contributed by atoms with Crippen LogP contribution in [-0.4, -0.2) is 17.9 Å². The van der Waals surface area contributed by atoms with Crippen molar-refractivity contribution in [2.24, 2.45) is 0 Å². The fraction of sp³-hybridized carbons (Fsp3) is 0.0588. The molecule has 3 aromatic rings. The Bertz CT molecular complexity index is 900. The van der Waals surface area contributed by atoms with E-state index in [-0.39, 0.29) is 11.5 Å². The minimum absolute atomic E-state index is 0.108. The van der Waals surface area contributed by atoms with Gasteiger partial charge in [0.15, 0.2) is 0 Å². The molecule has 110 valence electrons. The van der Waals surface area contributed by atoms with E-state index in [0.717, 1.165) is 5.39 Å². The summed E-state index contributed by atoms with van der Waals surface area (Å²) in [7, 11) is 1.63. The zero-order valence-electron chi connectivity index (χ0n) is 11.8. The van der Waals surface area contributed by atoms with Gasteiger partial charge in [-0.1, -0.05) is 29.8 Å². The second kappa shape index (κ2) is 5.66. The Morgan fingerprint density at radius 1 is 1.09 bits per heavy atom. The SMILES string of the molecule is CN(C(=O)c1cc2ccccc2[nH]c1=O)c1ccc(Cl)cc1. The number of aromatic amines is 1. The molecule has 0 aliphatic heterocycles. The minimum Gasteiger partial charge on any atom is -0.321 e. The predicted octanol–water partition coefficient (Wildman–Crippen LogP) is 3.46. The van der Waals surface area contributed by atoms with E-state index in [1.165, 1.54) is 4.90 Å². The molecular weight excluding hydrogens is 300 g/mol. The topological polar surface area (TPSA) is 53.2 Å². The highest BCUT2D eigenvalue weighted by Gasteiger charge is 2.17. The number of amides is 1. The average Bonchev–Trinajstić information content (AvgIpc) is 2.53. The van der Waals surface area contributed by atoms with Gasteiger partial charge in [-0.25, -0.2) is 0 Å². The van der Waals surface area contributed by atoms with Gasteiger partial charge >= 0.3 is 0 Å². The van der Waals surface area contributed by atoms with Gasteiger partial charge in [0.05, 0.1) is 0 Å². The number of carbonyl (C=O) groups is 1.